The Morgan fingerprint density at radius 2 is 0.825 bits per heavy atom. The Morgan fingerprint density at radius 1 is 0.375 bits per heavy atom. The molecular weight excluding hydrogens is 961 g/mol. The van der Waals surface area contributed by atoms with Crippen molar-refractivity contribution in [1.29, 1.82) is 0 Å². The van der Waals surface area contributed by atoms with Gasteiger partial charge in [0.05, 0.1) is 0 Å². The van der Waals surface area contributed by atoms with Gasteiger partial charge in [-0.3, -0.25) is 0 Å². The predicted octanol–water partition coefficient (Wildman–Crippen LogP) is 28.1. The zero-order chi connectivity index (χ0) is 59.4. The molecule has 0 spiro atoms. The summed E-state index contributed by atoms with van der Waals surface area (Å²) in [5.41, 5.74) is 3.47. The molecule has 2 unspecified atom stereocenters. The van der Waals surface area contributed by atoms with Crippen molar-refractivity contribution in [3.63, 3.8) is 0 Å². The van der Waals surface area contributed by atoms with E-state index in [1.54, 1.807) is 51.4 Å². The van der Waals surface area contributed by atoms with Crippen molar-refractivity contribution in [2.75, 3.05) is 0 Å². The molecule has 12 rings (SSSR count). The Balaban J connectivity index is 0.000000233. The van der Waals surface area contributed by atoms with Crippen LogP contribution in [0.15, 0.2) is 0 Å². The van der Waals surface area contributed by atoms with Gasteiger partial charge in [-0.1, -0.05) is 305 Å². The monoisotopic (exact) mass is 1120 g/mol. The van der Waals surface area contributed by atoms with Gasteiger partial charge in [-0.2, -0.15) is 0 Å². The summed E-state index contributed by atoms with van der Waals surface area (Å²) in [4.78, 5) is 0. The molecule has 80 heavy (non-hydrogen) atoms. The first kappa shape index (κ1) is 74.3. The molecule has 0 heteroatoms. The van der Waals surface area contributed by atoms with Crippen LogP contribution in [0.4, 0.5) is 0 Å². The lowest BCUT2D eigenvalue weighted by molar-refractivity contribution is 0.244. The largest absolute Gasteiger partial charge is 0.0654 e. The third-order valence-electron chi connectivity index (χ3n) is 25.8. The molecule has 0 nitrogen and oxygen atoms in total. The molecule has 5 atom stereocenters. The summed E-state index contributed by atoms with van der Waals surface area (Å²) >= 11 is 0. The summed E-state index contributed by atoms with van der Waals surface area (Å²) in [7, 11) is 0. The van der Waals surface area contributed by atoms with Crippen molar-refractivity contribution in [1.82, 2.24) is 0 Å². The number of hydrogen-bond donors (Lipinski definition) is 0. The van der Waals surface area contributed by atoms with Gasteiger partial charge in [0.1, 0.15) is 0 Å². The SMILES string of the molecule is CC(C)C1CCCC1.CC1(C)CCCCC1.CC1C2CCC1CC2.CC1CCC(C)CC1.CCC1(C)CCCC1.CCC1(C)CCCC1.CCCC1CCCC1.C[C@H]1CC2CCC1C2.C[C@H]1CCC(C)(C)C1.C[C@H]1CCCC1(C)C. The molecule has 12 fully saturated rings. The molecular formula is C80H156. The fraction of sp³-hybridized carbons (Fsp3) is 1.00. The second-order valence-electron chi connectivity index (χ2n) is 35.0. The molecule has 0 saturated heterocycles. The molecule has 0 aromatic carbocycles. The van der Waals surface area contributed by atoms with Crippen LogP contribution in [0, 0.1) is 104 Å². The molecule has 0 aliphatic heterocycles. The Hall–Kier alpha value is 0. The van der Waals surface area contributed by atoms with E-state index in [-0.39, 0.29) is 0 Å². The van der Waals surface area contributed by atoms with E-state index in [0.717, 1.165) is 87.8 Å². The van der Waals surface area contributed by atoms with E-state index in [4.69, 9.17) is 0 Å². The molecule has 0 radical (unpaired) electrons. The maximum Gasteiger partial charge on any atom is -0.0328 e. The highest BCUT2D eigenvalue weighted by Gasteiger charge is 2.39. The molecule has 0 N–H and O–H groups in total. The van der Waals surface area contributed by atoms with E-state index in [0.29, 0.717) is 16.2 Å². The molecule has 476 valence electrons. The van der Waals surface area contributed by atoms with Gasteiger partial charge in [-0.25, -0.2) is 0 Å². The van der Waals surface area contributed by atoms with Crippen molar-refractivity contribution in [3.05, 3.63) is 0 Å². The summed E-state index contributed by atoms with van der Waals surface area (Å²) in [6, 6.07) is 0. The lowest BCUT2D eigenvalue weighted by Gasteiger charge is -2.28. The first-order valence-electron chi connectivity index (χ1n) is 37.7. The molecule has 12 aliphatic carbocycles. The van der Waals surface area contributed by atoms with Crippen molar-refractivity contribution < 1.29 is 0 Å². The molecule has 0 heterocycles. The fourth-order valence-corrected chi connectivity index (χ4v) is 17.9. The zero-order valence-electron chi connectivity index (χ0n) is 59.4. The molecule has 0 aromatic rings. The first-order valence-corrected chi connectivity index (χ1v) is 37.7. The van der Waals surface area contributed by atoms with E-state index < -0.39 is 0 Å². The summed E-state index contributed by atoms with van der Waals surface area (Å²) < 4.78 is 0. The number of hydrogen-bond acceptors (Lipinski definition) is 0. The van der Waals surface area contributed by atoms with Gasteiger partial charge in [0.15, 0.2) is 0 Å². The molecule has 12 aliphatic rings. The summed E-state index contributed by atoms with van der Waals surface area (Å²) in [6.07, 6.45) is 63.8. The van der Waals surface area contributed by atoms with Crippen LogP contribution in [0.25, 0.3) is 0 Å². The van der Waals surface area contributed by atoms with E-state index in [2.05, 4.69) is 132 Å². The second-order valence-corrected chi connectivity index (χ2v) is 35.0. The summed E-state index contributed by atoms with van der Waals surface area (Å²) in [6.45, 7) is 45.0. The van der Waals surface area contributed by atoms with Crippen LogP contribution in [0.3, 0.4) is 0 Å². The fourth-order valence-electron chi connectivity index (χ4n) is 17.9. The highest BCUT2D eigenvalue weighted by Crippen LogP contribution is 2.50. The van der Waals surface area contributed by atoms with Gasteiger partial charge < -0.3 is 0 Å². The van der Waals surface area contributed by atoms with Gasteiger partial charge in [0, 0.05) is 0 Å². The van der Waals surface area contributed by atoms with Gasteiger partial charge in [0.25, 0.3) is 0 Å². The average Bonchev–Trinajstić information content (AvgIpc) is 4.27. The van der Waals surface area contributed by atoms with Crippen LogP contribution in [-0.4, -0.2) is 0 Å². The maximum absolute atomic E-state index is 2.44. The summed E-state index contributed by atoms with van der Waals surface area (Å²) in [5, 5.41) is 0. The summed E-state index contributed by atoms with van der Waals surface area (Å²) in [5.74, 6) is 13.8. The normalized spacial score (nSPS) is 34.2. The Bertz CT molecular complexity index is 1400. The lowest BCUT2D eigenvalue weighted by Crippen LogP contribution is -2.14. The van der Waals surface area contributed by atoms with Crippen LogP contribution in [0.2, 0.25) is 0 Å². The van der Waals surface area contributed by atoms with Gasteiger partial charge in [-0.05, 0) is 207 Å². The Kier molecular flexibility index (Phi) is 35.6. The molecule has 0 aromatic heterocycles. The Morgan fingerprint density at radius 3 is 1.04 bits per heavy atom. The van der Waals surface area contributed by atoms with Crippen LogP contribution in [0.5, 0.6) is 0 Å². The van der Waals surface area contributed by atoms with Gasteiger partial charge in [-0.15, -0.1) is 0 Å². The van der Waals surface area contributed by atoms with Crippen molar-refractivity contribution in [2.45, 2.75) is 408 Å². The third-order valence-corrected chi connectivity index (χ3v) is 25.8. The molecule has 12 saturated carbocycles. The highest BCUT2D eigenvalue weighted by molar-refractivity contribution is 4.89. The van der Waals surface area contributed by atoms with Gasteiger partial charge >= 0.3 is 0 Å². The van der Waals surface area contributed by atoms with E-state index in [9.17, 15) is 0 Å². The number of rotatable bonds is 5. The quantitative estimate of drug-likeness (QED) is 0.257. The maximum atomic E-state index is 2.44. The lowest BCUT2D eigenvalue weighted by atomic mass is 9.78. The van der Waals surface area contributed by atoms with Gasteiger partial charge in [0.2, 0.25) is 0 Å². The number of fused-ring (bicyclic) bond motifs is 4. The topological polar surface area (TPSA) is 0 Å². The zero-order valence-corrected chi connectivity index (χ0v) is 59.4. The molecule has 4 bridgehead atoms. The minimum Gasteiger partial charge on any atom is -0.0654 e. The first-order chi connectivity index (χ1) is 37.7. The average molecular weight is 1120 g/mol. The van der Waals surface area contributed by atoms with E-state index in [1.807, 2.05) is 0 Å². The van der Waals surface area contributed by atoms with E-state index in [1.165, 1.54) is 225 Å². The smallest absolute Gasteiger partial charge is 0.0328 e. The minimum atomic E-state index is 0.653. The van der Waals surface area contributed by atoms with Crippen LogP contribution in [-0.2, 0) is 0 Å². The van der Waals surface area contributed by atoms with E-state index >= 15 is 0 Å². The third kappa shape index (κ3) is 30.1. The van der Waals surface area contributed by atoms with Crippen molar-refractivity contribution >= 4 is 0 Å². The van der Waals surface area contributed by atoms with Crippen LogP contribution in [0.1, 0.15) is 408 Å². The molecule has 0 amide bonds. The highest BCUT2D eigenvalue weighted by atomic mass is 14.4. The standard InChI is InChI=1S/2C8H14.8C8H16/c1-6-4-7-2-3-8(6)5-7;1-6-7-2-3-8(6)5-4-7;1-7-4-5-8(2,3)6-7;1-7-5-4-6-8(7,2)3;1-7-3-5-8(2)6-4-7;1-8(2)6-4-3-5-7-8;1-7(2)8-5-3-4-6-8;2*1-3-8(2)6-4-5-7-8;1-2-5-8-6-3-4-7-8/h2*6-8H,2-5H2,1H3;2*7H,4-6H2,1-3H3;7-8H,3-6H2,1-2H3;3-7H2,1-2H3;7-8H,3-6H2,1-2H3;2*3-7H2,1-2H3;8H,2-7H2,1H3/t6-,7?,8?;;2*7-;;;;;;/m0.00....../s1. The minimum absolute atomic E-state index is 0.653. The van der Waals surface area contributed by atoms with Crippen LogP contribution >= 0.6 is 0 Å². The van der Waals surface area contributed by atoms with Crippen molar-refractivity contribution in [3.8, 4) is 0 Å². The van der Waals surface area contributed by atoms with Crippen LogP contribution < -0.4 is 0 Å². The Labute approximate surface area is 509 Å². The predicted molar refractivity (Wildman–Crippen MR) is 364 cm³/mol. The second kappa shape index (κ2) is 38.3. The van der Waals surface area contributed by atoms with Crippen molar-refractivity contribution in [2.24, 2.45) is 104 Å².